The Hall–Kier alpha value is -1.69. The normalized spacial score (nSPS) is 13.4. The predicted molar refractivity (Wildman–Crippen MR) is 47.8 cm³/mol. The lowest BCUT2D eigenvalue weighted by atomic mass is 10.4. The molecule has 2 aromatic heterocycles. The van der Waals surface area contributed by atoms with Gasteiger partial charge in [-0.3, -0.25) is 0 Å². The predicted octanol–water partition coefficient (Wildman–Crippen LogP) is 0.192. The van der Waals surface area contributed by atoms with Crippen LogP contribution in [0.1, 0.15) is 24.5 Å². The van der Waals surface area contributed by atoms with Crippen LogP contribution < -0.4 is 0 Å². The number of aliphatic hydroxyl groups excluding tert-OH is 1. The van der Waals surface area contributed by atoms with Crippen LogP contribution in [-0.4, -0.2) is 29.8 Å². The SMILES string of the molecule is Cc1cc(O)n2nc(C(C)O)nc2n1. The van der Waals surface area contributed by atoms with E-state index in [4.69, 9.17) is 0 Å². The summed E-state index contributed by atoms with van der Waals surface area (Å²) in [6.45, 7) is 3.30. The second kappa shape index (κ2) is 2.91. The average molecular weight is 194 g/mol. The van der Waals surface area contributed by atoms with Crippen LogP contribution in [-0.2, 0) is 0 Å². The molecule has 2 aromatic rings. The Bertz CT molecular complexity index is 477. The quantitative estimate of drug-likeness (QED) is 0.677. The van der Waals surface area contributed by atoms with Gasteiger partial charge in [0.2, 0.25) is 5.88 Å². The molecule has 0 bridgehead atoms. The molecule has 0 aromatic carbocycles. The Balaban J connectivity index is 2.70. The Kier molecular flexibility index (Phi) is 1.85. The van der Waals surface area contributed by atoms with Gasteiger partial charge in [-0.05, 0) is 13.8 Å². The molecule has 0 spiro atoms. The fourth-order valence-corrected chi connectivity index (χ4v) is 1.16. The summed E-state index contributed by atoms with van der Waals surface area (Å²) in [6, 6.07) is 1.48. The largest absolute Gasteiger partial charge is 0.493 e. The Morgan fingerprint density at radius 3 is 2.79 bits per heavy atom. The Morgan fingerprint density at radius 1 is 1.43 bits per heavy atom. The maximum atomic E-state index is 9.49. The van der Waals surface area contributed by atoms with E-state index in [0.29, 0.717) is 11.5 Å². The van der Waals surface area contributed by atoms with Crippen molar-refractivity contribution in [3.63, 3.8) is 0 Å². The van der Waals surface area contributed by atoms with Crippen molar-refractivity contribution in [1.82, 2.24) is 19.6 Å². The highest BCUT2D eigenvalue weighted by molar-refractivity contribution is 5.33. The van der Waals surface area contributed by atoms with E-state index in [0.717, 1.165) is 0 Å². The van der Waals surface area contributed by atoms with E-state index in [1.165, 1.54) is 10.6 Å². The number of aromatic hydroxyl groups is 1. The maximum Gasteiger partial charge on any atom is 0.255 e. The molecule has 2 heterocycles. The van der Waals surface area contributed by atoms with E-state index in [9.17, 15) is 10.2 Å². The summed E-state index contributed by atoms with van der Waals surface area (Å²) in [6.07, 6.45) is -0.767. The smallest absolute Gasteiger partial charge is 0.255 e. The molecule has 0 aliphatic rings. The van der Waals surface area contributed by atoms with Crippen molar-refractivity contribution in [2.45, 2.75) is 20.0 Å². The first kappa shape index (κ1) is 8.89. The molecule has 0 aliphatic heterocycles. The van der Waals surface area contributed by atoms with Gasteiger partial charge in [-0.25, -0.2) is 4.98 Å². The van der Waals surface area contributed by atoms with Crippen LogP contribution in [0.25, 0.3) is 5.78 Å². The fraction of sp³-hybridized carbons (Fsp3) is 0.375. The summed E-state index contributed by atoms with van der Waals surface area (Å²) in [5.41, 5.74) is 0.652. The van der Waals surface area contributed by atoms with E-state index in [1.54, 1.807) is 13.8 Å². The molecule has 0 saturated heterocycles. The number of aromatic nitrogens is 4. The molecule has 0 amide bonds. The van der Waals surface area contributed by atoms with E-state index < -0.39 is 6.10 Å². The van der Waals surface area contributed by atoms with Crippen LogP contribution in [0.15, 0.2) is 6.07 Å². The second-order valence-corrected chi connectivity index (χ2v) is 3.11. The van der Waals surface area contributed by atoms with Gasteiger partial charge in [-0.15, -0.1) is 5.10 Å². The topological polar surface area (TPSA) is 83.5 Å². The molecule has 2 rings (SSSR count). The van der Waals surface area contributed by atoms with Crippen molar-refractivity contribution < 1.29 is 10.2 Å². The number of nitrogens with zero attached hydrogens (tertiary/aromatic N) is 4. The van der Waals surface area contributed by atoms with Gasteiger partial charge in [0.1, 0.15) is 6.10 Å². The van der Waals surface area contributed by atoms with Crippen LogP contribution in [0.4, 0.5) is 0 Å². The van der Waals surface area contributed by atoms with Crippen molar-refractivity contribution in [2.75, 3.05) is 0 Å². The lowest BCUT2D eigenvalue weighted by Gasteiger charge is -1.96. The van der Waals surface area contributed by atoms with E-state index in [1.807, 2.05) is 0 Å². The van der Waals surface area contributed by atoms with Gasteiger partial charge in [0.05, 0.1) is 0 Å². The van der Waals surface area contributed by atoms with Crippen molar-refractivity contribution >= 4 is 5.78 Å². The molecule has 6 heteroatoms. The second-order valence-electron chi connectivity index (χ2n) is 3.11. The summed E-state index contributed by atoms with van der Waals surface area (Å²) >= 11 is 0. The zero-order valence-corrected chi connectivity index (χ0v) is 7.84. The number of hydrogen-bond acceptors (Lipinski definition) is 5. The first-order chi connectivity index (χ1) is 6.58. The summed E-state index contributed by atoms with van der Waals surface area (Å²) in [5, 5.41) is 22.6. The highest BCUT2D eigenvalue weighted by Gasteiger charge is 2.12. The minimum atomic E-state index is -0.767. The van der Waals surface area contributed by atoms with E-state index in [-0.39, 0.29) is 11.7 Å². The van der Waals surface area contributed by atoms with Gasteiger partial charge >= 0.3 is 0 Å². The summed E-state index contributed by atoms with van der Waals surface area (Å²) in [5.74, 6) is 0.503. The molecular weight excluding hydrogens is 184 g/mol. The molecule has 74 valence electrons. The van der Waals surface area contributed by atoms with Crippen molar-refractivity contribution in [3.8, 4) is 5.88 Å². The Labute approximate surface area is 79.9 Å². The van der Waals surface area contributed by atoms with Crippen LogP contribution in [0.5, 0.6) is 5.88 Å². The molecule has 1 unspecified atom stereocenters. The van der Waals surface area contributed by atoms with Crippen molar-refractivity contribution in [3.05, 3.63) is 17.6 Å². The maximum absolute atomic E-state index is 9.49. The highest BCUT2D eigenvalue weighted by Crippen LogP contribution is 2.14. The lowest BCUT2D eigenvalue weighted by Crippen LogP contribution is -1.95. The lowest BCUT2D eigenvalue weighted by molar-refractivity contribution is 0.189. The number of fused-ring (bicyclic) bond motifs is 1. The van der Waals surface area contributed by atoms with Crippen molar-refractivity contribution in [1.29, 1.82) is 0 Å². The number of rotatable bonds is 1. The third-order valence-corrected chi connectivity index (χ3v) is 1.81. The molecule has 0 aliphatic carbocycles. The molecule has 6 nitrogen and oxygen atoms in total. The number of aryl methyl sites for hydroxylation is 1. The number of hydrogen-bond donors (Lipinski definition) is 2. The molecule has 0 saturated carbocycles. The first-order valence-corrected chi connectivity index (χ1v) is 4.19. The third kappa shape index (κ3) is 1.29. The zero-order valence-electron chi connectivity index (χ0n) is 7.84. The minimum Gasteiger partial charge on any atom is -0.493 e. The third-order valence-electron chi connectivity index (χ3n) is 1.81. The van der Waals surface area contributed by atoms with Crippen molar-refractivity contribution in [2.24, 2.45) is 0 Å². The molecule has 2 N–H and O–H groups in total. The standard InChI is InChI=1S/C8H10N4O2/c1-4-3-6(14)12-8(9-4)10-7(11-12)5(2)13/h3,5,13-14H,1-2H3. The molecular formula is C8H10N4O2. The van der Waals surface area contributed by atoms with Gasteiger partial charge in [0.15, 0.2) is 5.82 Å². The average Bonchev–Trinajstić information content (AvgIpc) is 2.47. The first-order valence-electron chi connectivity index (χ1n) is 4.19. The van der Waals surface area contributed by atoms with E-state index in [2.05, 4.69) is 15.1 Å². The minimum absolute atomic E-state index is 0.0353. The van der Waals surface area contributed by atoms with Crippen LogP contribution >= 0.6 is 0 Å². The van der Waals surface area contributed by atoms with Gasteiger partial charge < -0.3 is 10.2 Å². The monoisotopic (exact) mass is 194 g/mol. The van der Waals surface area contributed by atoms with Crippen LogP contribution in [0, 0.1) is 6.92 Å². The van der Waals surface area contributed by atoms with Gasteiger partial charge in [-0.2, -0.15) is 9.50 Å². The van der Waals surface area contributed by atoms with Crippen LogP contribution in [0.2, 0.25) is 0 Å². The molecule has 1 atom stereocenters. The summed E-state index contributed by atoms with van der Waals surface area (Å²) in [4.78, 5) is 8.02. The van der Waals surface area contributed by atoms with Gasteiger partial charge in [0, 0.05) is 11.8 Å². The fourth-order valence-electron chi connectivity index (χ4n) is 1.16. The highest BCUT2D eigenvalue weighted by atomic mass is 16.3. The van der Waals surface area contributed by atoms with E-state index >= 15 is 0 Å². The Morgan fingerprint density at radius 2 is 2.14 bits per heavy atom. The summed E-state index contributed by atoms with van der Waals surface area (Å²) in [7, 11) is 0. The molecule has 14 heavy (non-hydrogen) atoms. The zero-order chi connectivity index (χ0) is 10.3. The molecule has 0 radical (unpaired) electrons. The van der Waals surface area contributed by atoms with Crippen LogP contribution in [0.3, 0.4) is 0 Å². The molecule has 0 fully saturated rings. The number of aliphatic hydroxyl groups is 1. The van der Waals surface area contributed by atoms with Gasteiger partial charge in [0.25, 0.3) is 5.78 Å². The summed E-state index contributed by atoms with van der Waals surface area (Å²) < 4.78 is 1.19. The van der Waals surface area contributed by atoms with Gasteiger partial charge in [-0.1, -0.05) is 0 Å².